The molecule has 0 fully saturated rings. The van der Waals surface area contributed by atoms with Gasteiger partial charge in [0.25, 0.3) is 0 Å². The summed E-state index contributed by atoms with van der Waals surface area (Å²) < 4.78 is 27.6. The highest BCUT2D eigenvalue weighted by Crippen LogP contribution is 2.29. The number of hydrogen-bond donors (Lipinski definition) is 2. The topological polar surface area (TPSA) is 93.2 Å². The zero-order valence-electron chi connectivity index (χ0n) is 8.93. The van der Waals surface area contributed by atoms with Crippen LogP contribution >= 0.6 is 11.3 Å². The average Bonchev–Trinajstić information content (AvgIpc) is 2.57. The molecule has 17 heavy (non-hydrogen) atoms. The lowest BCUT2D eigenvalue weighted by molar-refractivity contribution is 0.493. The molecule has 0 aliphatic heterocycles. The fraction of sp³-hybridized carbons (Fsp3) is 0.100. The zero-order chi connectivity index (χ0) is 12.6. The van der Waals surface area contributed by atoms with Gasteiger partial charge in [-0.05, 0) is 29.7 Å². The minimum absolute atomic E-state index is 0.00298. The minimum atomic E-state index is -3.52. The van der Waals surface area contributed by atoms with Gasteiger partial charge in [-0.3, -0.25) is 5.41 Å². The van der Waals surface area contributed by atoms with E-state index in [0.29, 0.717) is 4.88 Å². The van der Waals surface area contributed by atoms with Crippen LogP contribution in [0.25, 0.3) is 10.1 Å². The fourth-order valence-corrected chi connectivity index (χ4v) is 2.78. The van der Waals surface area contributed by atoms with Crippen LogP contribution in [0, 0.1) is 5.41 Å². The fourth-order valence-electron chi connectivity index (χ4n) is 1.37. The van der Waals surface area contributed by atoms with Crippen molar-refractivity contribution in [3.63, 3.8) is 0 Å². The van der Waals surface area contributed by atoms with E-state index in [9.17, 15) is 8.42 Å². The first kappa shape index (κ1) is 11.9. The number of hydrogen-bond acceptors (Lipinski definition) is 5. The number of benzene rings is 1. The van der Waals surface area contributed by atoms with Crippen molar-refractivity contribution in [3.05, 3.63) is 29.1 Å². The molecule has 1 aromatic carbocycles. The molecule has 1 heterocycles. The summed E-state index contributed by atoms with van der Waals surface area (Å²) in [7, 11) is -3.52. The molecule has 0 amide bonds. The molecule has 0 atom stereocenters. The van der Waals surface area contributed by atoms with E-state index in [2.05, 4.69) is 0 Å². The van der Waals surface area contributed by atoms with E-state index in [1.807, 2.05) is 0 Å². The smallest absolute Gasteiger partial charge is 0.306 e. The van der Waals surface area contributed by atoms with Gasteiger partial charge >= 0.3 is 10.1 Å². The van der Waals surface area contributed by atoms with Gasteiger partial charge in [-0.15, -0.1) is 11.3 Å². The molecule has 0 unspecified atom stereocenters. The lowest BCUT2D eigenvalue weighted by atomic mass is 10.2. The summed E-state index contributed by atoms with van der Waals surface area (Å²) in [5.41, 5.74) is 5.38. The Morgan fingerprint density at radius 3 is 2.71 bits per heavy atom. The molecule has 0 saturated carbocycles. The summed E-state index contributed by atoms with van der Waals surface area (Å²) in [6.45, 7) is 0. The molecular weight excluding hydrogens is 260 g/mol. The average molecular weight is 270 g/mol. The number of nitrogens with one attached hydrogen (secondary N) is 1. The van der Waals surface area contributed by atoms with Crippen LogP contribution in [0.1, 0.15) is 4.88 Å². The molecule has 90 valence electrons. The summed E-state index contributed by atoms with van der Waals surface area (Å²) >= 11 is 1.32. The Kier molecular flexibility index (Phi) is 2.80. The van der Waals surface area contributed by atoms with Gasteiger partial charge < -0.3 is 9.92 Å². The van der Waals surface area contributed by atoms with Crippen LogP contribution in [0.3, 0.4) is 0 Å². The maximum absolute atomic E-state index is 11.0. The van der Waals surface area contributed by atoms with Crippen LogP contribution in [0.5, 0.6) is 5.75 Å². The molecule has 7 heteroatoms. The maximum Gasteiger partial charge on any atom is 0.306 e. The lowest BCUT2D eigenvalue weighted by Crippen LogP contribution is -2.08. The molecular formula is C10H10N2O3S2. The van der Waals surface area contributed by atoms with Crippen molar-refractivity contribution in [2.45, 2.75) is 0 Å². The molecule has 3 N–H and O–H groups in total. The lowest BCUT2D eigenvalue weighted by Gasteiger charge is -2.01. The number of amidine groups is 1. The van der Waals surface area contributed by atoms with Crippen molar-refractivity contribution in [2.75, 3.05) is 6.26 Å². The second-order valence-corrected chi connectivity index (χ2v) is 6.17. The Labute approximate surface area is 102 Å². The summed E-state index contributed by atoms with van der Waals surface area (Å²) in [6, 6.07) is 6.71. The Bertz CT molecular complexity index is 689. The number of fused-ring (bicyclic) bond motifs is 1. The molecule has 2 rings (SSSR count). The first-order chi connectivity index (χ1) is 7.85. The predicted molar refractivity (Wildman–Crippen MR) is 68.3 cm³/mol. The van der Waals surface area contributed by atoms with Gasteiger partial charge in [0, 0.05) is 4.70 Å². The summed E-state index contributed by atoms with van der Waals surface area (Å²) in [4.78, 5) is 0.650. The highest BCUT2D eigenvalue weighted by molar-refractivity contribution is 7.86. The normalized spacial score (nSPS) is 11.6. The third-order valence-corrected chi connectivity index (χ3v) is 3.63. The highest BCUT2D eigenvalue weighted by atomic mass is 32.2. The molecule has 5 nitrogen and oxygen atoms in total. The van der Waals surface area contributed by atoms with E-state index in [0.717, 1.165) is 16.3 Å². The van der Waals surface area contributed by atoms with E-state index >= 15 is 0 Å². The van der Waals surface area contributed by atoms with Gasteiger partial charge in [0.1, 0.15) is 11.6 Å². The minimum Gasteiger partial charge on any atom is -0.383 e. The quantitative estimate of drug-likeness (QED) is 0.502. The molecule has 0 saturated heterocycles. The van der Waals surface area contributed by atoms with Gasteiger partial charge in [-0.1, -0.05) is 0 Å². The highest BCUT2D eigenvalue weighted by Gasteiger charge is 2.08. The van der Waals surface area contributed by atoms with E-state index in [4.69, 9.17) is 15.3 Å². The second kappa shape index (κ2) is 4.01. The van der Waals surface area contributed by atoms with Crippen LogP contribution in [0.2, 0.25) is 0 Å². The molecule has 0 aliphatic rings. The van der Waals surface area contributed by atoms with Gasteiger partial charge in [-0.25, -0.2) is 0 Å². The molecule has 1 aromatic heterocycles. The second-order valence-electron chi connectivity index (χ2n) is 3.51. The SMILES string of the molecule is CS(=O)(=O)Oc1ccc2cc(C(=N)N)sc2c1. The van der Waals surface area contributed by atoms with Gasteiger partial charge in [0.15, 0.2) is 0 Å². The van der Waals surface area contributed by atoms with Crippen LogP contribution in [-0.2, 0) is 10.1 Å². The van der Waals surface area contributed by atoms with Crippen molar-refractivity contribution < 1.29 is 12.6 Å². The largest absolute Gasteiger partial charge is 0.383 e. The monoisotopic (exact) mass is 270 g/mol. The molecule has 0 bridgehead atoms. The third-order valence-electron chi connectivity index (χ3n) is 2.00. The number of thiophene rings is 1. The van der Waals surface area contributed by atoms with Crippen molar-refractivity contribution in [1.29, 1.82) is 5.41 Å². The third kappa shape index (κ3) is 2.75. The van der Waals surface area contributed by atoms with Gasteiger partial charge in [-0.2, -0.15) is 8.42 Å². The van der Waals surface area contributed by atoms with E-state index in [1.165, 1.54) is 11.3 Å². The first-order valence-electron chi connectivity index (χ1n) is 4.62. The first-order valence-corrected chi connectivity index (χ1v) is 7.26. The Balaban J connectivity index is 2.47. The maximum atomic E-state index is 11.0. The Morgan fingerprint density at radius 1 is 1.41 bits per heavy atom. The number of nitrogen functional groups attached to an aromatic ring is 1. The van der Waals surface area contributed by atoms with Gasteiger partial charge in [0.05, 0.1) is 11.1 Å². The van der Waals surface area contributed by atoms with Crippen molar-refractivity contribution in [3.8, 4) is 5.75 Å². The molecule has 0 radical (unpaired) electrons. The predicted octanol–water partition coefficient (Wildman–Crippen LogP) is 1.52. The number of rotatable bonds is 3. The standard InChI is InChI=1S/C10H10N2O3S2/c1-17(13,14)15-7-3-2-6-4-9(10(11)12)16-8(6)5-7/h2-5H,1H3,(H3,11,12). The van der Waals surface area contributed by atoms with Crippen molar-refractivity contribution in [1.82, 2.24) is 0 Å². The molecule has 2 aromatic rings. The van der Waals surface area contributed by atoms with E-state index in [1.54, 1.807) is 24.3 Å². The van der Waals surface area contributed by atoms with Crippen LogP contribution in [0.4, 0.5) is 0 Å². The number of nitrogens with two attached hydrogens (primary N) is 1. The Hall–Kier alpha value is -1.60. The van der Waals surface area contributed by atoms with Crippen LogP contribution < -0.4 is 9.92 Å². The van der Waals surface area contributed by atoms with Crippen LogP contribution in [-0.4, -0.2) is 20.5 Å². The summed E-state index contributed by atoms with van der Waals surface area (Å²) in [5, 5.41) is 8.23. The van der Waals surface area contributed by atoms with Crippen molar-refractivity contribution in [2.24, 2.45) is 5.73 Å². The molecule has 0 spiro atoms. The van der Waals surface area contributed by atoms with Gasteiger partial charge in [0.2, 0.25) is 0 Å². The van der Waals surface area contributed by atoms with E-state index in [-0.39, 0.29) is 11.6 Å². The van der Waals surface area contributed by atoms with Crippen molar-refractivity contribution >= 4 is 37.4 Å². The van der Waals surface area contributed by atoms with Crippen LogP contribution in [0.15, 0.2) is 24.3 Å². The molecule has 0 aliphatic carbocycles. The van der Waals surface area contributed by atoms with E-state index < -0.39 is 10.1 Å². The Morgan fingerprint density at radius 2 is 2.12 bits per heavy atom. The zero-order valence-corrected chi connectivity index (χ0v) is 10.6. The summed E-state index contributed by atoms with van der Waals surface area (Å²) in [6.07, 6.45) is 0.993. The summed E-state index contributed by atoms with van der Waals surface area (Å²) in [5.74, 6) is 0.258.